The lowest BCUT2D eigenvalue weighted by molar-refractivity contribution is -0.345. The zero-order chi connectivity index (χ0) is 10.9. The Morgan fingerprint density at radius 1 is 1.00 bits per heavy atom. The summed E-state index contributed by atoms with van der Waals surface area (Å²) in [7, 11) is 0. The Hall–Kier alpha value is -1.89. The van der Waals surface area contributed by atoms with Crippen LogP contribution >= 0.6 is 0 Å². The summed E-state index contributed by atoms with van der Waals surface area (Å²) in [6.07, 6.45) is 1.67. The molecule has 2 heterocycles. The molecule has 1 spiro atoms. The Morgan fingerprint density at radius 2 is 1.60 bits per heavy atom. The van der Waals surface area contributed by atoms with Crippen LogP contribution in [0.25, 0.3) is 0 Å². The third-order valence-corrected chi connectivity index (χ3v) is 1.68. The first-order valence-corrected chi connectivity index (χ1v) is 4.08. The van der Waals surface area contributed by atoms with Gasteiger partial charge >= 0.3 is 23.9 Å². The highest BCUT2D eigenvalue weighted by molar-refractivity contribution is 5.96. The van der Waals surface area contributed by atoms with Crippen LogP contribution in [0.1, 0.15) is 0 Å². The summed E-state index contributed by atoms with van der Waals surface area (Å²) in [6.45, 7) is -0.00455. The highest BCUT2D eigenvalue weighted by Gasteiger charge is 2.53. The number of hydrogen-bond donors (Lipinski definition) is 0. The smallest absolute Gasteiger partial charge is 0.455 e. The molecule has 0 N–H and O–H groups in total. The molecule has 1 saturated heterocycles. The van der Waals surface area contributed by atoms with Gasteiger partial charge in [-0.1, -0.05) is 0 Å². The molecule has 2 aliphatic rings. The Bertz CT molecular complexity index is 336. The monoisotopic (exact) mass is 214 g/mol. The second kappa shape index (κ2) is 3.35. The Labute approximate surface area is 83.5 Å². The van der Waals surface area contributed by atoms with E-state index in [1.54, 1.807) is 0 Å². The van der Waals surface area contributed by atoms with Gasteiger partial charge < -0.3 is 14.2 Å². The number of cyclic esters (lactones) is 1. The maximum absolute atomic E-state index is 11.3. The van der Waals surface area contributed by atoms with Gasteiger partial charge in [-0.25, -0.2) is 14.4 Å². The van der Waals surface area contributed by atoms with Gasteiger partial charge in [0.25, 0.3) is 0 Å². The van der Waals surface area contributed by atoms with E-state index in [0.717, 1.165) is 12.2 Å². The molecule has 0 radical (unpaired) electrons. The number of rotatable bonds is 0. The zero-order valence-corrected chi connectivity index (χ0v) is 7.43. The number of ether oxygens (including phenoxy) is 4. The first-order valence-electron chi connectivity index (χ1n) is 4.08. The third kappa shape index (κ3) is 1.68. The first-order chi connectivity index (χ1) is 7.12. The van der Waals surface area contributed by atoms with Gasteiger partial charge in [-0.15, -0.1) is 0 Å². The van der Waals surface area contributed by atoms with E-state index in [9.17, 15) is 14.4 Å². The summed E-state index contributed by atoms with van der Waals surface area (Å²) in [5.41, 5.74) is 0. The molecule has 0 saturated carbocycles. The van der Waals surface area contributed by atoms with Gasteiger partial charge in [-0.2, -0.15) is 0 Å². The topological polar surface area (TPSA) is 88.1 Å². The minimum Gasteiger partial charge on any atom is -0.455 e. The quantitative estimate of drug-likeness (QED) is 0.471. The molecule has 0 aromatic rings. The van der Waals surface area contributed by atoms with Crippen molar-refractivity contribution in [3.63, 3.8) is 0 Å². The number of esters is 3. The maximum Gasteiger partial charge on any atom is 0.482 e. The molecule has 80 valence electrons. The normalized spacial score (nSPS) is 24.1. The van der Waals surface area contributed by atoms with Gasteiger partial charge in [0.2, 0.25) is 0 Å². The number of carbonyl (C=O) groups excluding carboxylic acids is 3. The van der Waals surface area contributed by atoms with Crippen LogP contribution in [0.5, 0.6) is 0 Å². The molecular weight excluding hydrogens is 208 g/mol. The fraction of sp³-hybridized carbons (Fsp3) is 0.375. The summed E-state index contributed by atoms with van der Waals surface area (Å²) in [4.78, 5) is 33.3. The molecule has 2 aliphatic heterocycles. The summed E-state index contributed by atoms with van der Waals surface area (Å²) in [5, 5.41) is 0. The molecular formula is C8H6O7. The van der Waals surface area contributed by atoms with E-state index in [4.69, 9.17) is 4.74 Å². The van der Waals surface area contributed by atoms with E-state index in [2.05, 4.69) is 14.2 Å². The predicted octanol–water partition coefficient (Wildman–Crippen LogP) is -1.13. The van der Waals surface area contributed by atoms with E-state index >= 15 is 0 Å². The van der Waals surface area contributed by atoms with Crippen molar-refractivity contribution in [1.82, 2.24) is 0 Å². The Morgan fingerprint density at radius 3 is 2.13 bits per heavy atom. The van der Waals surface area contributed by atoms with E-state index in [1.807, 2.05) is 0 Å². The molecule has 0 aromatic carbocycles. The van der Waals surface area contributed by atoms with Crippen molar-refractivity contribution in [2.45, 2.75) is 5.97 Å². The Balaban J connectivity index is 2.29. The fourth-order valence-corrected chi connectivity index (χ4v) is 1.09. The summed E-state index contributed by atoms with van der Waals surface area (Å²) in [5.74, 6) is -5.27. The van der Waals surface area contributed by atoms with Crippen LogP contribution in [0.15, 0.2) is 12.2 Å². The number of carbonyl (C=O) groups is 3. The summed E-state index contributed by atoms with van der Waals surface area (Å²) >= 11 is 0. The summed E-state index contributed by atoms with van der Waals surface area (Å²) in [6, 6.07) is 0. The molecule has 0 aromatic heterocycles. The maximum atomic E-state index is 11.3. The van der Waals surface area contributed by atoms with Gasteiger partial charge in [0.15, 0.2) is 0 Å². The molecule has 0 atom stereocenters. The van der Waals surface area contributed by atoms with Gasteiger partial charge in [0, 0.05) is 12.2 Å². The lowest BCUT2D eigenvalue weighted by Crippen LogP contribution is -2.53. The van der Waals surface area contributed by atoms with Crippen LogP contribution in [-0.2, 0) is 33.3 Å². The lowest BCUT2D eigenvalue weighted by Gasteiger charge is -2.30. The number of hydrogen-bond acceptors (Lipinski definition) is 7. The molecule has 7 heteroatoms. The van der Waals surface area contributed by atoms with Crippen molar-refractivity contribution in [2.75, 3.05) is 13.2 Å². The zero-order valence-electron chi connectivity index (χ0n) is 7.43. The van der Waals surface area contributed by atoms with Crippen LogP contribution in [0.2, 0.25) is 0 Å². The minimum atomic E-state index is -2.38. The minimum absolute atomic E-state index is 0.0170. The average Bonchev–Trinajstić information content (AvgIpc) is 2.32. The van der Waals surface area contributed by atoms with E-state index in [-0.39, 0.29) is 13.2 Å². The van der Waals surface area contributed by atoms with E-state index < -0.39 is 23.9 Å². The molecule has 0 amide bonds. The highest BCUT2D eigenvalue weighted by Crippen LogP contribution is 2.23. The van der Waals surface area contributed by atoms with E-state index in [0.29, 0.717) is 0 Å². The molecule has 0 unspecified atom stereocenters. The predicted molar refractivity (Wildman–Crippen MR) is 41.0 cm³/mol. The van der Waals surface area contributed by atoms with Crippen molar-refractivity contribution in [2.24, 2.45) is 0 Å². The average molecular weight is 214 g/mol. The van der Waals surface area contributed by atoms with Gasteiger partial charge in [-0.3, -0.25) is 4.74 Å². The van der Waals surface area contributed by atoms with Crippen LogP contribution in [0.3, 0.4) is 0 Å². The van der Waals surface area contributed by atoms with Crippen molar-refractivity contribution >= 4 is 17.9 Å². The molecule has 0 aliphatic carbocycles. The molecule has 2 rings (SSSR count). The lowest BCUT2D eigenvalue weighted by atomic mass is 10.5. The van der Waals surface area contributed by atoms with Gasteiger partial charge in [-0.05, 0) is 0 Å². The summed E-state index contributed by atoms with van der Waals surface area (Å²) < 4.78 is 18.5. The molecule has 7 nitrogen and oxygen atoms in total. The molecule has 0 bridgehead atoms. The van der Waals surface area contributed by atoms with Crippen LogP contribution in [-0.4, -0.2) is 37.1 Å². The van der Waals surface area contributed by atoms with E-state index in [1.165, 1.54) is 0 Å². The highest BCUT2D eigenvalue weighted by atomic mass is 16.9. The van der Waals surface area contributed by atoms with Gasteiger partial charge in [0.1, 0.15) is 6.61 Å². The van der Waals surface area contributed by atoms with Crippen molar-refractivity contribution in [3.05, 3.63) is 12.2 Å². The van der Waals surface area contributed by atoms with Crippen molar-refractivity contribution in [1.29, 1.82) is 0 Å². The second-order valence-electron chi connectivity index (χ2n) is 2.72. The SMILES string of the molecule is O=C1C=CC(=O)OC2(OCCOC2=O)O1. The first kappa shape index (κ1) is 9.66. The Kier molecular flexibility index (Phi) is 2.16. The van der Waals surface area contributed by atoms with Gasteiger partial charge in [0.05, 0.1) is 6.61 Å². The van der Waals surface area contributed by atoms with Crippen LogP contribution in [0, 0.1) is 0 Å². The standard InChI is InChI=1S/C8H6O7/c9-5-1-2-6(10)15-8(14-5)7(11)12-3-4-13-8/h1-2H,3-4H2. The largest absolute Gasteiger partial charge is 0.482 e. The third-order valence-electron chi connectivity index (χ3n) is 1.68. The molecule has 1 fully saturated rings. The van der Waals surface area contributed by atoms with Crippen molar-refractivity contribution in [3.8, 4) is 0 Å². The fourth-order valence-electron chi connectivity index (χ4n) is 1.09. The second-order valence-corrected chi connectivity index (χ2v) is 2.72. The van der Waals surface area contributed by atoms with Crippen LogP contribution in [0.4, 0.5) is 0 Å². The molecule has 15 heavy (non-hydrogen) atoms. The van der Waals surface area contributed by atoms with Crippen molar-refractivity contribution < 1.29 is 33.3 Å². The van der Waals surface area contributed by atoms with Crippen LogP contribution < -0.4 is 0 Å².